The summed E-state index contributed by atoms with van der Waals surface area (Å²) >= 11 is 6.06. The lowest BCUT2D eigenvalue weighted by atomic mass is 10.1. The van der Waals surface area contributed by atoms with Gasteiger partial charge in [0.05, 0.1) is 4.90 Å². The van der Waals surface area contributed by atoms with Crippen molar-refractivity contribution in [3.63, 3.8) is 0 Å². The van der Waals surface area contributed by atoms with Crippen LogP contribution in [0.25, 0.3) is 0 Å². The van der Waals surface area contributed by atoms with Gasteiger partial charge in [-0.3, -0.25) is 9.35 Å². The third kappa shape index (κ3) is 6.11. The van der Waals surface area contributed by atoms with Gasteiger partial charge < -0.3 is 10.6 Å². The topological polar surface area (TPSA) is 119 Å². The normalized spacial score (nSPS) is 11.5. The van der Waals surface area contributed by atoms with Gasteiger partial charge in [0, 0.05) is 23.5 Å². The zero-order valence-electron chi connectivity index (χ0n) is 14.0. The zero-order valence-corrected chi connectivity index (χ0v) is 15.6. The quantitative estimate of drug-likeness (QED) is 0.282. The fraction of sp³-hybridized carbons (Fsp3) is 0.111. The summed E-state index contributed by atoms with van der Waals surface area (Å²) in [5, 5.41) is 15.1. The van der Waals surface area contributed by atoms with Crippen molar-refractivity contribution in [1.82, 2.24) is 5.32 Å². The third-order valence-electron chi connectivity index (χ3n) is 3.50. The molecule has 2 aromatic carbocycles. The van der Waals surface area contributed by atoms with Crippen LogP contribution in [0, 0.1) is 11.3 Å². The Morgan fingerprint density at radius 2 is 1.96 bits per heavy atom. The predicted molar refractivity (Wildman–Crippen MR) is 102 cm³/mol. The summed E-state index contributed by atoms with van der Waals surface area (Å²) in [5.41, 5.74) is 0.879. The Labute approximate surface area is 162 Å². The summed E-state index contributed by atoms with van der Waals surface area (Å²) in [6.07, 6.45) is 1.88. The van der Waals surface area contributed by atoms with E-state index in [-0.39, 0.29) is 16.2 Å². The Bertz CT molecular complexity index is 1010. The van der Waals surface area contributed by atoms with E-state index in [0.29, 0.717) is 18.0 Å². The van der Waals surface area contributed by atoms with Gasteiger partial charge in [0.2, 0.25) is 0 Å². The van der Waals surface area contributed by atoms with Crippen molar-refractivity contribution in [3.8, 4) is 6.07 Å². The molecular weight excluding hydrogens is 390 g/mol. The maximum atomic E-state index is 12.1. The molecule has 1 amide bonds. The number of nitrogens with one attached hydrogen (secondary N) is 2. The van der Waals surface area contributed by atoms with Gasteiger partial charge in [-0.1, -0.05) is 35.9 Å². The van der Waals surface area contributed by atoms with E-state index in [1.54, 1.807) is 12.1 Å². The molecule has 140 valence electrons. The number of carbonyl (C=O) groups is 1. The number of anilines is 1. The van der Waals surface area contributed by atoms with Crippen molar-refractivity contribution in [2.24, 2.45) is 0 Å². The average molecular weight is 406 g/mol. The number of rotatable bonds is 7. The number of amides is 1. The smallest absolute Gasteiger partial charge is 0.294 e. The van der Waals surface area contributed by atoms with E-state index < -0.39 is 16.0 Å². The van der Waals surface area contributed by atoms with E-state index in [4.69, 9.17) is 21.4 Å². The van der Waals surface area contributed by atoms with Gasteiger partial charge in [-0.25, -0.2) is 0 Å². The number of hydrogen-bond acceptors (Lipinski definition) is 5. The molecule has 9 heteroatoms. The van der Waals surface area contributed by atoms with Crippen LogP contribution in [0.1, 0.15) is 5.56 Å². The molecule has 0 aliphatic carbocycles. The van der Waals surface area contributed by atoms with Gasteiger partial charge in [0.1, 0.15) is 11.6 Å². The van der Waals surface area contributed by atoms with Gasteiger partial charge in [-0.2, -0.15) is 13.7 Å². The Morgan fingerprint density at radius 1 is 1.22 bits per heavy atom. The second-order valence-electron chi connectivity index (χ2n) is 5.42. The Morgan fingerprint density at radius 3 is 2.63 bits per heavy atom. The zero-order chi connectivity index (χ0) is 19.9. The molecule has 2 rings (SSSR count). The molecule has 0 spiro atoms. The van der Waals surface area contributed by atoms with Crippen LogP contribution in [0.3, 0.4) is 0 Å². The average Bonchev–Trinajstić information content (AvgIpc) is 2.62. The number of benzene rings is 2. The van der Waals surface area contributed by atoms with Crippen molar-refractivity contribution in [2.75, 3.05) is 11.9 Å². The van der Waals surface area contributed by atoms with Crippen LogP contribution in [0.15, 0.2) is 65.2 Å². The first kappa shape index (κ1) is 20.5. The molecule has 0 heterocycles. The first-order chi connectivity index (χ1) is 12.8. The highest BCUT2D eigenvalue weighted by molar-refractivity contribution is 7.85. The molecule has 0 aliphatic heterocycles. The maximum Gasteiger partial charge on any atom is 0.294 e. The first-order valence-electron chi connectivity index (χ1n) is 7.77. The first-order valence-corrected chi connectivity index (χ1v) is 9.59. The van der Waals surface area contributed by atoms with Crippen LogP contribution in [0.4, 0.5) is 5.69 Å². The number of halogens is 1. The maximum absolute atomic E-state index is 12.1. The van der Waals surface area contributed by atoms with E-state index in [9.17, 15) is 13.2 Å². The van der Waals surface area contributed by atoms with Crippen LogP contribution >= 0.6 is 11.6 Å². The second-order valence-corrected chi connectivity index (χ2v) is 7.25. The lowest BCUT2D eigenvalue weighted by Crippen LogP contribution is -2.18. The summed E-state index contributed by atoms with van der Waals surface area (Å²) in [6.45, 7) is 0.459. The van der Waals surface area contributed by atoms with Crippen molar-refractivity contribution in [3.05, 3.63) is 70.9 Å². The van der Waals surface area contributed by atoms with Crippen molar-refractivity contribution >= 4 is 33.3 Å². The fourth-order valence-electron chi connectivity index (χ4n) is 2.16. The largest absolute Gasteiger partial charge is 0.389 e. The van der Waals surface area contributed by atoms with Crippen LogP contribution < -0.4 is 10.6 Å². The minimum absolute atomic E-state index is 0.132. The summed E-state index contributed by atoms with van der Waals surface area (Å²) < 4.78 is 31.3. The Balaban J connectivity index is 1.98. The lowest BCUT2D eigenvalue weighted by molar-refractivity contribution is -0.112. The molecule has 2 aromatic rings. The Hall–Kier alpha value is -2.86. The summed E-state index contributed by atoms with van der Waals surface area (Å²) in [5.74, 6) is -0.713. The standard InChI is InChI=1S/C18H16ClN3O4S/c19-17-7-2-1-4-13(17)8-9-21-12-14(11-20)18(23)22-15-5-3-6-16(10-15)27(24,25)26/h1-7,10,12,21H,8-9H2,(H,22,23)(H,24,25,26)/b14-12-. The van der Waals surface area contributed by atoms with E-state index in [1.165, 1.54) is 24.4 Å². The summed E-state index contributed by atoms with van der Waals surface area (Å²) in [7, 11) is -4.39. The van der Waals surface area contributed by atoms with Crippen molar-refractivity contribution < 1.29 is 17.8 Å². The molecule has 0 radical (unpaired) electrons. The van der Waals surface area contributed by atoms with Gasteiger partial charge in [0.25, 0.3) is 16.0 Å². The molecule has 0 fully saturated rings. The van der Waals surface area contributed by atoms with E-state index in [0.717, 1.165) is 11.6 Å². The van der Waals surface area contributed by atoms with Gasteiger partial charge in [-0.15, -0.1) is 0 Å². The van der Waals surface area contributed by atoms with Gasteiger partial charge >= 0.3 is 0 Å². The third-order valence-corrected chi connectivity index (χ3v) is 4.72. The summed E-state index contributed by atoms with van der Waals surface area (Å²) in [4.78, 5) is 11.8. The van der Waals surface area contributed by atoms with E-state index in [2.05, 4.69) is 10.6 Å². The lowest BCUT2D eigenvalue weighted by Gasteiger charge is -2.07. The molecule has 0 aromatic heterocycles. The molecule has 7 nitrogen and oxygen atoms in total. The summed E-state index contributed by atoms with van der Waals surface area (Å²) in [6, 6.07) is 14.2. The molecule has 0 aliphatic rings. The minimum atomic E-state index is -4.39. The highest BCUT2D eigenvalue weighted by Crippen LogP contribution is 2.16. The highest BCUT2D eigenvalue weighted by Gasteiger charge is 2.13. The highest BCUT2D eigenvalue weighted by atomic mass is 35.5. The molecule has 0 unspecified atom stereocenters. The predicted octanol–water partition coefficient (Wildman–Crippen LogP) is 2.76. The number of nitriles is 1. The van der Waals surface area contributed by atoms with Crippen LogP contribution in [-0.4, -0.2) is 25.4 Å². The molecule has 0 saturated carbocycles. The number of carbonyl (C=O) groups excluding carboxylic acids is 1. The van der Waals surface area contributed by atoms with E-state index >= 15 is 0 Å². The number of hydrogen-bond donors (Lipinski definition) is 3. The van der Waals surface area contributed by atoms with E-state index in [1.807, 2.05) is 18.2 Å². The number of nitrogens with zero attached hydrogens (tertiary/aromatic N) is 1. The molecule has 3 N–H and O–H groups in total. The SMILES string of the molecule is N#C/C(=C/NCCc1ccccc1Cl)C(=O)Nc1cccc(S(=O)(=O)O)c1. The van der Waals surface area contributed by atoms with Gasteiger partial charge in [0.15, 0.2) is 0 Å². The second kappa shape index (κ2) is 9.19. The minimum Gasteiger partial charge on any atom is -0.389 e. The Kier molecular flexibility index (Phi) is 6.96. The van der Waals surface area contributed by atoms with Crippen LogP contribution in [0.5, 0.6) is 0 Å². The molecular formula is C18H16ClN3O4S. The van der Waals surface area contributed by atoms with Crippen LogP contribution in [0.2, 0.25) is 5.02 Å². The van der Waals surface area contributed by atoms with Crippen LogP contribution in [-0.2, 0) is 21.3 Å². The fourth-order valence-corrected chi connectivity index (χ4v) is 2.92. The molecule has 0 atom stereocenters. The monoisotopic (exact) mass is 405 g/mol. The van der Waals surface area contributed by atoms with Crippen molar-refractivity contribution in [1.29, 1.82) is 5.26 Å². The van der Waals surface area contributed by atoms with Gasteiger partial charge in [-0.05, 0) is 36.2 Å². The molecule has 0 saturated heterocycles. The van der Waals surface area contributed by atoms with Crippen molar-refractivity contribution in [2.45, 2.75) is 11.3 Å². The molecule has 27 heavy (non-hydrogen) atoms. The molecule has 0 bridgehead atoms.